The number of aromatic nitrogens is 1. The van der Waals surface area contributed by atoms with Gasteiger partial charge in [-0.15, -0.1) is 0 Å². The lowest BCUT2D eigenvalue weighted by Crippen LogP contribution is -2.57. The zero-order valence-electron chi connectivity index (χ0n) is 19.7. The number of unbranched alkanes of at least 4 members (excludes halogenated alkanes) is 9. The molecule has 1 aromatic heterocycles. The zero-order valence-corrected chi connectivity index (χ0v) is 19.7. The Kier molecular flexibility index (Phi) is 8.93. The van der Waals surface area contributed by atoms with Gasteiger partial charge in [-0.3, -0.25) is 4.57 Å². The number of nitrogens with one attached hydrogen (secondary N) is 1. The van der Waals surface area contributed by atoms with Gasteiger partial charge in [-0.1, -0.05) is 64.7 Å². The molecule has 0 radical (unpaired) electrons. The molecule has 4 nitrogen and oxygen atoms in total. The maximum Gasteiger partial charge on any atom is 0.197 e. The quantitative estimate of drug-likeness (QED) is 0.333. The smallest absolute Gasteiger partial charge is 0.197 e. The molecule has 2 heterocycles. The molecule has 0 atom stereocenters. The normalized spacial score (nSPS) is 18.9. The molecule has 1 saturated heterocycles. The highest BCUT2D eigenvalue weighted by molar-refractivity contribution is 5.39. The molecular weight excluding hydrogens is 360 g/mol. The van der Waals surface area contributed by atoms with E-state index in [-0.39, 0.29) is 28.8 Å². The van der Waals surface area contributed by atoms with Crippen molar-refractivity contribution in [1.82, 2.24) is 9.88 Å². The van der Waals surface area contributed by atoms with Crippen LogP contribution in [0.5, 0.6) is 11.8 Å². The summed E-state index contributed by atoms with van der Waals surface area (Å²) in [4.78, 5) is 0. The van der Waals surface area contributed by atoms with Crippen LogP contribution in [0.3, 0.4) is 0 Å². The van der Waals surface area contributed by atoms with Crippen molar-refractivity contribution in [2.24, 2.45) is 0 Å². The molecule has 1 aliphatic heterocycles. The fourth-order valence-electron chi connectivity index (χ4n) is 5.37. The lowest BCUT2D eigenvalue weighted by Gasteiger charge is -2.46. The van der Waals surface area contributed by atoms with E-state index in [1.54, 1.807) is 10.6 Å². The van der Waals surface area contributed by atoms with Gasteiger partial charge >= 0.3 is 0 Å². The number of piperidine rings is 1. The lowest BCUT2D eigenvalue weighted by atomic mass is 9.73. The van der Waals surface area contributed by atoms with E-state index < -0.39 is 0 Å². The summed E-state index contributed by atoms with van der Waals surface area (Å²) < 4.78 is 1.71. The summed E-state index contributed by atoms with van der Waals surface area (Å²) in [5.41, 5.74) is 0.956. The van der Waals surface area contributed by atoms with Gasteiger partial charge in [0, 0.05) is 29.3 Å². The Morgan fingerprint density at radius 1 is 0.862 bits per heavy atom. The standard InChI is InChI=1S/C25H46N2O2/c1-6-7-8-9-10-11-12-13-14-15-16-27-22(28)17-21(23(27)29)20-18-24(2,3)26-25(4,5)19-20/h17,20,26,28-29H,6-16,18-19H2,1-5H3. The van der Waals surface area contributed by atoms with Crippen molar-refractivity contribution in [2.45, 2.75) is 135 Å². The first-order chi connectivity index (χ1) is 13.7. The van der Waals surface area contributed by atoms with Gasteiger partial charge in [0.25, 0.3) is 0 Å². The highest BCUT2D eigenvalue weighted by atomic mass is 16.3. The van der Waals surface area contributed by atoms with Crippen molar-refractivity contribution >= 4 is 0 Å². The van der Waals surface area contributed by atoms with Crippen LogP contribution >= 0.6 is 0 Å². The number of hydrogen-bond acceptors (Lipinski definition) is 3. The van der Waals surface area contributed by atoms with Gasteiger partial charge in [0.2, 0.25) is 0 Å². The van der Waals surface area contributed by atoms with Crippen LogP contribution in [0.4, 0.5) is 0 Å². The fourth-order valence-corrected chi connectivity index (χ4v) is 5.37. The van der Waals surface area contributed by atoms with Crippen molar-refractivity contribution < 1.29 is 10.2 Å². The van der Waals surface area contributed by atoms with Gasteiger partial charge in [0.05, 0.1) is 0 Å². The Balaban J connectivity index is 1.79. The van der Waals surface area contributed by atoms with Gasteiger partial charge in [0.15, 0.2) is 11.8 Å². The van der Waals surface area contributed by atoms with Crippen molar-refractivity contribution in [3.63, 3.8) is 0 Å². The summed E-state index contributed by atoms with van der Waals surface area (Å²) in [5.74, 6) is 0.751. The lowest BCUT2D eigenvalue weighted by molar-refractivity contribution is 0.160. The number of aromatic hydroxyl groups is 2. The first kappa shape index (κ1) is 24.1. The Labute approximate surface area is 179 Å². The molecule has 0 aromatic carbocycles. The molecule has 29 heavy (non-hydrogen) atoms. The molecule has 3 N–H and O–H groups in total. The van der Waals surface area contributed by atoms with Gasteiger partial charge in [-0.25, -0.2) is 0 Å². The molecule has 0 spiro atoms. The largest absolute Gasteiger partial charge is 0.494 e. The topological polar surface area (TPSA) is 57.4 Å². The van der Waals surface area contributed by atoms with Crippen molar-refractivity contribution in [2.75, 3.05) is 0 Å². The van der Waals surface area contributed by atoms with Crippen LogP contribution in [0.2, 0.25) is 0 Å². The summed E-state index contributed by atoms with van der Waals surface area (Å²) in [6, 6.07) is 1.80. The van der Waals surface area contributed by atoms with E-state index in [1.165, 1.54) is 51.4 Å². The SMILES string of the molecule is CCCCCCCCCCCCn1c(O)cc(C2CC(C)(C)NC(C)(C)C2)c1O. The van der Waals surface area contributed by atoms with Crippen LogP contribution in [-0.2, 0) is 6.54 Å². The minimum absolute atomic E-state index is 0.0209. The van der Waals surface area contributed by atoms with E-state index in [1.807, 2.05) is 0 Å². The summed E-state index contributed by atoms with van der Waals surface area (Å²) in [7, 11) is 0. The minimum atomic E-state index is 0.0209. The van der Waals surface area contributed by atoms with Crippen molar-refractivity contribution in [3.8, 4) is 11.8 Å². The van der Waals surface area contributed by atoms with Crippen LogP contribution in [0.1, 0.15) is 123 Å². The molecule has 0 saturated carbocycles. The monoisotopic (exact) mass is 406 g/mol. The first-order valence-corrected chi connectivity index (χ1v) is 12.1. The molecule has 0 aliphatic carbocycles. The predicted molar refractivity (Wildman–Crippen MR) is 123 cm³/mol. The zero-order chi connectivity index (χ0) is 21.5. The van der Waals surface area contributed by atoms with Crippen LogP contribution in [0.25, 0.3) is 0 Å². The number of rotatable bonds is 12. The predicted octanol–water partition coefficient (Wildman–Crippen LogP) is 6.84. The maximum atomic E-state index is 10.8. The van der Waals surface area contributed by atoms with E-state index in [2.05, 4.69) is 39.9 Å². The van der Waals surface area contributed by atoms with Gasteiger partial charge in [0.1, 0.15) is 0 Å². The van der Waals surface area contributed by atoms with Crippen LogP contribution in [0.15, 0.2) is 6.07 Å². The third-order valence-electron chi connectivity index (χ3n) is 6.44. The van der Waals surface area contributed by atoms with E-state index in [9.17, 15) is 10.2 Å². The van der Waals surface area contributed by atoms with Crippen LogP contribution in [0, 0.1) is 0 Å². The molecule has 0 unspecified atom stereocenters. The molecule has 2 rings (SSSR count). The first-order valence-electron chi connectivity index (χ1n) is 12.1. The highest BCUT2D eigenvalue weighted by Gasteiger charge is 2.39. The van der Waals surface area contributed by atoms with Crippen molar-refractivity contribution in [1.29, 1.82) is 0 Å². The van der Waals surface area contributed by atoms with E-state index in [0.717, 1.165) is 31.2 Å². The van der Waals surface area contributed by atoms with E-state index in [0.29, 0.717) is 6.54 Å². The highest BCUT2D eigenvalue weighted by Crippen LogP contribution is 2.44. The molecule has 0 amide bonds. The van der Waals surface area contributed by atoms with Gasteiger partial charge in [-0.2, -0.15) is 0 Å². The molecule has 168 valence electrons. The molecular formula is C25H46N2O2. The third-order valence-corrected chi connectivity index (χ3v) is 6.44. The Hall–Kier alpha value is -1.16. The number of nitrogens with zero attached hydrogens (tertiary/aromatic N) is 1. The van der Waals surface area contributed by atoms with Crippen LogP contribution in [-0.4, -0.2) is 25.9 Å². The van der Waals surface area contributed by atoms with E-state index >= 15 is 0 Å². The molecule has 4 heteroatoms. The van der Waals surface area contributed by atoms with Gasteiger partial charge < -0.3 is 15.5 Å². The van der Waals surface area contributed by atoms with Crippen LogP contribution < -0.4 is 5.32 Å². The summed E-state index contributed by atoms with van der Waals surface area (Å²) in [6.45, 7) is 11.8. The summed E-state index contributed by atoms with van der Waals surface area (Å²) in [5, 5.41) is 25.0. The Morgan fingerprint density at radius 3 is 1.86 bits per heavy atom. The summed E-state index contributed by atoms with van der Waals surface area (Å²) >= 11 is 0. The molecule has 1 aliphatic rings. The average Bonchev–Trinajstić information content (AvgIpc) is 2.88. The molecule has 0 bridgehead atoms. The summed E-state index contributed by atoms with van der Waals surface area (Å²) in [6.07, 6.45) is 14.8. The second-order valence-corrected chi connectivity index (χ2v) is 10.6. The minimum Gasteiger partial charge on any atom is -0.494 e. The molecule has 1 fully saturated rings. The Morgan fingerprint density at radius 2 is 1.34 bits per heavy atom. The second kappa shape index (κ2) is 10.7. The Bertz CT molecular complexity index is 603. The maximum absolute atomic E-state index is 10.8. The fraction of sp³-hybridized carbons (Fsp3) is 0.840. The third kappa shape index (κ3) is 7.55. The average molecular weight is 407 g/mol. The number of hydrogen-bond donors (Lipinski definition) is 3. The van der Waals surface area contributed by atoms with Crippen molar-refractivity contribution in [3.05, 3.63) is 11.6 Å². The van der Waals surface area contributed by atoms with E-state index in [4.69, 9.17) is 0 Å². The molecule has 1 aromatic rings. The second-order valence-electron chi connectivity index (χ2n) is 10.6. The van der Waals surface area contributed by atoms with Gasteiger partial charge in [-0.05, 0) is 52.9 Å².